The maximum absolute atomic E-state index is 14.3. The van der Waals surface area contributed by atoms with Crippen LogP contribution in [0.4, 0.5) is 8.78 Å². The second-order valence-electron chi connectivity index (χ2n) is 7.63. The molecule has 0 aliphatic rings. The normalized spacial score (nSPS) is 12.5. The molecule has 0 amide bonds. The van der Waals surface area contributed by atoms with Gasteiger partial charge in [-0.05, 0) is 52.1 Å². The van der Waals surface area contributed by atoms with Gasteiger partial charge in [0, 0.05) is 0 Å². The summed E-state index contributed by atoms with van der Waals surface area (Å²) < 4.78 is 27.4. The van der Waals surface area contributed by atoms with E-state index in [1.165, 1.54) is 12.1 Å². The van der Waals surface area contributed by atoms with E-state index in [4.69, 9.17) is 0 Å². The molecule has 0 heterocycles. The third-order valence-corrected chi connectivity index (χ3v) is 4.11. The third kappa shape index (κ3) is 3.73. The lowest BCUT2D eigenvalue weighted by Gasteiger charge is -2.26. The zero-order valence-electron chi connectivity index (χ0n) is 14.0. The number of hydrogen-bond acceptors (Lipinski definition) is 0. The first-order valence-electron chi connectivity index (χ1n) is 7.64. The summed E-state index contributed by atoms with van der Waals surface area (Å²) in [4.78, 5) is 0. The molecule has 0 unspecified atom stereocenters. The molecule has 0 spiro atoms. The first kappa shape index (κ1) is 16.7. The van der Waals surface area contributed by atoms with E-state index in [0.717, 1.165) is 16.7 Å². The van der Waals surface area contributed by atoms with Crippen LogP contribution in [0, 0.1) is 11.6 Å². The highest BCUT2D eigenvalue weighted by atomic mass is 19.1. The van der Waals surface area contributed by atoms with Gasteiger partial charge in [0.2, 0.25) is 0 Å². The van der Waals surface area contributed by atoms with Gasteiger partial charge in [0.15, 0.2) is 0 Å². The van der Waals surface area contributed by atoms with Crippen molar-refractivity contribution in [2.24, 2.45) is 0 Å². The Morgan fingerprint density at radius 1 is 0.818 bits per heavy atom. The van der Waals surface area contributed by atoms with Crippen LogP contribution in [0.3, 0.4) is 0 Å². The Bertz CT molecular complexity index is 646. The first-order valence-corrected chi connectivity index (χ1v) is 7.64. The third-order valence-electron chi connectivity index (χ3n) is 4.11. The molecule has 0 radical (unpaired) electrons. The van der Waals surface area contributed by atoms with Gasteiger partial charge in [-0.3, -0.25) is 0 Å². The molecule has 2 rings (SSSR count). The van der Waals surface area contributed by atoms with Crippen LogP contribution in [0.15, 0.2) is 42.5 Å². The molecule has 0 aliphatic carbocycles. The van der Waals surface area contributed by atoms with Gasteiger partial charge < -0.3 is 0 Å². The Balaban J connectivity index is 2.26. The minimum absolute atomic E-state index is 0.153. The van der Waals surface area contributed by atoms with Crippen LogP contribution < -0.4 is 0 Å². The maximum Gasteiger partial charge on any atom is 0.127 e. The molecule has 0 saturated carbocycles. The van der Waals surface area contributed by atoms with Gasteiger partial charge in [0.25, 0.3) is 0 Å². The number of hydrogen-bond donors (Lipinski definition) is 0. The van der Waals surface area contributed by atoms with Crippen LogP contribution in [0.5, 0.6) is 0 Å². The zero-order chi connectivity index (χ0) is 16.5. The highest BCUT2D eigenvalue weighted by molar-refractivity contribution is 5.33. The molecule has 0 bridgehead atoms. The predicted octanol–water partition coefficient (Wildman–Crippen LogP) is 5.78. The molecule has 2 aromatic rings. The van der Waals surface area contributed by atoms with Crippen LogP contribution in [0.2, 0.25) is 0 Å². The molecular formula is C20H24F2. The van der Waals surface area contributed by atoms with Crippen molar-refractivity contribution < 1.29 is 8.78 Å². The Kier molecular flexibility index (Phi) is 4.42. The van der Waals surface area contributed by atoms with Gasteiger partial charge in [0.05, 0.1) is 0 Å². The van der Waals surface area contributed by atoms with E-state index in [9.17, 15) is 8.78 Å². The fourth-order valence-electron chi connectivity index (χ4n) is 2.79. The van der Waals surface area contributed by atoms with Gasteiger partial charge in [-0.25, -0.2) is 8.78 Å². The van der Waals surface area contributed by atoms with Crippen molar-refractivity contribution in [2.75, 3.05) is 0 Å². The maximum atomic E-state index is 14.3. The van der Waals surface area contributed by atoms with Crippen LogP contribution in [0.25, 0.3) is 0 Å². The first-order chi connectivity index (χ1) is 10.1. The topological polar surface area (TPSA) is 0 Å². The Labute approximate surface area is 132 Å². The summed E-state index contributed by atoms with van der Waals surface area (Å²) >= 11 is 0. The molecule has 22 heavy (non-hydrogen) atoms. The van der Waals surface area contributed by atoms with Crippen LogP contribution >= 0.6 is 0 Å². The lowest BCUT2D eigenvalue weighted by atomic mass is 9.78. The van der Waals surface area contributed by atoms with E-state index in [1.807, 2.05) is 32.9 Å². The number of rotatable bonds is 3. The molecule has 2 aromatic carbocycles. The number of benzene rings is 2. The van der Waals surface area contributed by atoms with Gasteiger partial charge in [-0.1, -0.05) is 58.9 Å². The summed E-state index contributed by atoms with van der Waals surface area (Å²) in [5.41, 5.74) is 2.36. The molecule has 0 aliphatic heterocycles. The van der Waals surface area contributed by atoms with Crippen molar-refractivity contribution in [3.05, 3.63) is 70.8 Å². The van der Waals surface area contributed by atoms with E-state index in [-0.39, 0.29) is 22.5 Å². The van der Waals surface area contributed by atoms with Crippen molar-refractivity contribution in [2.45, 2.75) is 51.9 Å². The van der Waals surface area contributed by atoms with Crippen LogP contribution in [-0.4, -0.2) is 0 Å². The summed E-state index contributed by atoms with van der Waals surface area (Å²) in [7, 11) is 0. The quantitative estimate of drug-likeness (QED) is 0.674. The lowest BCUT2D eigenvalue weighted by Crippen LogP contribution is -2.21. The van der Waals surface area contributed by atoms with E-state index in [2.05, 4.69) is 13.8 Å². The molecule has 0 atom stereocenters. The molecule has 2 heteroatoms. The van der Waals surface area contributed by atoms with Gasteiger partial charge in [0.1, 0.15) is 11.6 Å². The van der Waals surface area contributed by atoms with E-state index in [0.29, 0.717) is 6.42 Å². The average Bonchev–Trinajstić information content (AvgIpc) is 2.37. The monoisotopic (exact) mass is 302 g/mol. The molecule has 0 saturated heterocycles. The second kappa shape index (κ2) is 5.83. The van der Waals surface area contributed by atoms with Crippen LogP contribution in [0.1, 0.15) is 51.3 Å². The van der Waals surface area contributed by atoms with E-state index in [1.54, 1.807) is 18.2 Å². The van der Waals surface area contributed by atoms with Gasteiger partial charge >= 0.3 is 0 Å². The minimum Gasteiger partial charge on any atom is -0.207 e. The summed E-state index contributed by atoms with van der Waals surface area (Å²) in [6, 6.07) is 12.1. The largest absolute Gasteiger partial charge is 0.207 e. The molecular weight excluding hydrogens is 278 g/mol. The summed E-state index contributed by atoms with van der Waals surface area (Å²) in [6.45, 7) is 10.2. The molecule has 0 aromatic heterocycles. The smallest absolute Gasteiger partial charge is 0.127 e. The van der Waals surface area contributed by atoms with E-state index < -0.39 is 0 Å². The van der Waals surface area contributed by atoms with E-state index >= 15 is 0 Å². The summed E-state index contributed by atoms with van der Waals surface area (Å²) in [5.74, 6) is -0.389. The highest BCUT2D eigenvalue weighted by Gasteiger charge is 2.23. The second-order valence-corrected chi connectivity index (χ2v) is 7.63. The molecule has 0 fully saturated rings. The molecule has 118 valence electrons. The molecule has 0 nitrogen and oxygen atoms in total. The Morgan fingerprint density at radius 2 is 1.41 bits per heavy atom. The predicted molar refractivity (Wildman–Crippen MR) is 88.2 cm³/mol. The van der Waals surface area contributed by atoms with Crippen molar-refractivity contribution in [3.8, 4) is 0 Å². The molecule has 0 N–H and O–H groups in total. The SMILES string of the molecule is CC(C)(C)c1ccc(CC(C)(C)c2ccc(F)cc2)cc1F. The highest BCUT2D eigenvalue weighted by Crippen LogP contribution is 2.30. The fourth-order valence-corrected chi connectivity index (χ4v) is 2.79. The van der Waals surface area contributed by atoms with Gasteiger partial charge in [-0.2, -0.15) is 0 Å². The fraction of sp³-hybridized carbons (Fsp3) is 0.400. The van der Waals surface area contributed by atoms with Crippen molar-refractivity contribution >= 4 is 0 Å². The van der Waals surface area contributed by atoms with Gasteiger partial charge in [-0.15, -0.1) is 0 Å². The van der Waals surface area contributed by atoms with Crippen LogP contribution in [-0.2, 0) is 17.3 Å². The lowest BCUT2D eigenvalue weighted by molar-refractivity contribution is 0.506. The average molecular weight is 302 g/mol. The standard InChI is InChI=1S/C20H24F2/c1-19(2,3)17-11-6-14(12-18(17)22)13-20(4,5)15-7-9-16(21)10-8-15/h6-12H,13H2,1-5H3. The summed E-state index contributed by atoms with van der Waals surface area (Å²) in [6.07, 6.45) is 0.708. The van der Waals surface area contributed by atoms with Crippen molar-refractivity contribution in [3.63, 3.8) is 0 Å². The zero-order valence-corrected chi connectivity index (χ0v) is 14.0. The number of halogens is 2. The summed E-state index contributed by atoms with van der Waals surface area (Å²) in [5, 5.41) is 0. The van der Waals surface area contributed by atoms with Crippen molar-refractivity contribution in [1.82, 2.24) is 0 Å². The minimum atomic E-state index is -0.236. The Morgan fingerprint density at radius 3 is 1.91 bits per heavy atom. The van der Waals surface area contributed by atoms with Crippen molar-refractivity contribution in [1.29, 1.82) is 0 Å². The Hall–Kier alpha value is -1.70.